The van der Waals surface area contributed by atoms with Gasteiger partial charge in [0.05, 0.1) is 22.5 Å². The molecule has 1 heterocycles. The number of carbonyl (C=O) groups is 1. The Labute approximate surface area is 219 Å². The maximum atomic E-state index is 13.9. The summed E-state index contributed by atoms with van der Waals surface area (Å²) in [5.74, 6) is -0.759. The highest BCUT2D eigenvalue weighted by molar-refractivity contribution is 6.30. The van der Waals surface area contributed by atoms with Gasteiger partial charge in [-0.25, -0.2) is 9.07 Å². The number of rotatable bonds is 6. The Morgan fingerprint density at radius 3 is 2.51 bits per heavy atom. The standard InChI is InChI=1S/C30H24ClFN4O/c1-19-8-11-25(29(14-19)36-18-28(34-35-36)23-10-13-26(31)27(32)16-23)30(37)33-17-21-9-12-24(20(2)15-21)22-6-4-3-5-7-22/h3-16,18H,17H2,1-2H3,(H,33,37). The first-order valence-electron chi connectivity index (χ1n) is 11.8. The highest BCUT2D eigenvalue weighted by atomic mass is 35.5. The second-order valence-electron chi connectivity index (χ2n) is 8.90. The number of benzene rings is 4. The van der Waals surface area contributed by atoms with Crippen LogP contribution in [0.25, 0.3) is 28.1 Å². The van der Waals surface area contributed by atoms with Gasteiger partial charge in [-0.15, -0.1) is 5.10 Å². The van der Waals surface area contributed by atoms with Gasteiger partial charge in [-0.05, 0) is 65.9 Å². The van der Waals surface area contributed by atoms with Gasteiger partial charge in [0, 0.05) is 12.1 Å². The highest BCUT2D eigenvalue weighted by Crippen LogP contribution is 2.26. The number of nitrogens with zero attached hydrogens (tertiary/aromatic N) is 3. The fourth-order valence-corrected chi connectivity index (χ4v) is 4.36. The van der Waals surface area contributed by atoms with E-state index in [1.54, 1.807) is 18.3 Å². The van der Waals surface area contributed by atoms with Gasteiger partial charge in [0.1, 0.15) is 11.5 Å². The van der Waals surface area contributed by atoms with Gasteiger partial charge in [0.15, 0.2) is 0 Å². The van der Waals surface area contributed by atoms with Crippen LogP contribution in [0.4, 0.5) is 4.39 Å². The molecule has 7 heteroatoms. The summed E-state index contributed by atoms with van der Waals surface area (Å²) in [7, 11) is 0. The van der Waals surface area contributed by atoms with E-state index in [9.17, 15) is 9.18 Å². The third kappa shape index (κ3) is 5.29. The zero-order valence-electron chi connectivity index (χ0n) is 20.4. The molecule has 0 radical (unpaired) electrons. The molecule has 5 rings (SSSR count). The van der Waals surface area contributed by atoms with E-state index in [1.807, 2.05) is 43.3 Å². The van der Waals surface area contributed by atoms with Crippen molar-refractivity contribution in [2.75, 3.05) is 0 Å². The van der Waals surface area contributed by atoms with E-state index in [2.05, 4.69) is 46.8 Å². The van der Waals surface area contributed by atoms with Crippen LogP contribution in [0.3, 0.4) is 0 Å². The number of halogens is 2. The predicted octanol–water partition coefficient (Wildman–Crippen LogP) is 6.94. The Bertz CT molecular complexity index is 1600. The Morgan fingerprint density at radius 1 is 0.946 bits per heavy atom. The molecule has 0 saturated heterocycles. The van der Waals surface area contributed by atoms with E-state index in [-0.39, 0.29) is 10.9 Å². The lowest BCUT2D eigenvalue weighted by molar-refractivity contribution is 0.0950. The van der Waals surface area contributed by atoms with E-state index >= 15 is 0 Å². The van der Waals surface area contributed by atoms with Crippen molar-refractivity contribution < 1.29 is 9.18 Å². The molecule has 1 amide bonds. The normalized spacial score (nSPS) is 10.9. The van der Waals surface area contributed by atoms with E-state index in [1.165, 1.54) is 22.4 Å². The molecule has 0 saturated carbocycles. The largest absolute Gasteiger partial charge is 0.348 e. The number of aryl methyl sites for hydroxylation is 2. The van der Waals surface area contributed by atoms with Crippen LogP contribution in [-0.2, 0) is 6.54 Å². The second kappa shape index (κ2) is 10.4. The lowest BCUT2D eigenvalue weighted by atomic mass is 9.98. The van der Waals surface area contributed by atoms with Crippen molar-refractivity contribution >= 4 is 17.5 Å². The number of amides is 1. The van der Waals surface area contributed by atoms with Crippen LogP contribution >= 0.6 is 11.6 Å². The Hall–Kier alpha value is -4.29. The van der Waals surface area contributed by atoms with Crippen molar-refractivity contribution in [1.29, 1.82) is 0 Å². The fourth-order valence-electron chi connectivity index (χ4n) is 4.25. The molecule has 4 aromatic carbocycles. The van der Waals surface area contributed by atoms with Gasteiger partial charge in [-0.3, -0.25) is 4.79 Å². The van der Waals surface area contributed by atoms with E-state index in [4.69, 9.17) is 11.6 Å². The molecular formula is C30H24ClFN4O. The van der Waals surface area contributed by atoms with E-state index in [0.29, 0.717) is 29.1 Å². The zero-order valence-corrected chi connectivity index (χ0v) is 21.1. The first-order chi connectivity index (χ1) is 17.9. The topological polar surface area (TPSA) is 59.8 Å². The van der Waals surface area contributed by atoms with Crippen molar-refractivity contribution in [3.63, 3.8) is 0 Å². The minimum atomic E-state index is -0.531. The van der Waals surface area contributed by atoms with Crippen molar-refractivity contribution in [1.82, 2.24) is 20.3 Å². The molecule has 0 spiro atoms. The van der Waals surface area contributed by atoms with Gasteiger partial charge < -0.3 is 5.32 Å². The van der Waals surface area contributed by atoms with Gasteiger partial charge in [0.2, 0.25) is 0 Å². The lowest BCUT2D eigenvalue weighted by Crippen LogP contribution is -2.24. The molecule has 37 heavy (non-hydrogen) atoms. The van der Waals surface area contributed by atoms with Crippen molar-refractivity contribution in [2.45, 2.75) is 20.4 Å². The maximum Gasteiger partial charge on any atom is 0.253 e. The maximum absolute atomic E-state index is 13.9. The summed E-state index contributed by atoms with van der Waals surface area (Å²) < 4.78 is 15.5. The number of aromatic nitrogens is 3. The number of carbonyl (C=O) groups excluding carboxylic acids is 1. The lowest BCUT2D eigenvalue weighted by Gasteiger charge is -2.12. The molecule has 0 aliphatic rings. The molecule has 5 aromatic rings. The SMILES string of the molecule is Cc1ccc(C(=O)NCc2ccc(-c3ccccc3)c(C)c2)c(-n2cc(-c3ccc(Cl)c(F)c3)nn2)c1. The van der Waals surface area contributed by atoms with E-state index in [0.717, 1.165) is 22.3 Å². The predicted molar refractivity (Wildman–Crippen MR) is 144 cm³/mol. The molecule has 1 aromatic heterocycles. The number of nitrogens with one attached hydrogen (secondary N) is 1. The zero-order chi connectivity index (χ0) is 25.9. The van der Waals surface area contributed by atoms with Crippen LogP contribution in [0.5, 0.6) is 0 Å². The van der Waals surface area contributed by atoms with Crippen molar-refractivity contribution in [2.24, 2.45) is 0 Å². The molecule has 0 aliphatic heterocycles. The minimum Gasteiger partial charge on any atom is -0.348 e. The van der Waals surface area contributed by atoms with Gasteiger partial charge in [-0.1, -0.05) is 77.5 Å². The molecule has 0 unspecified atom stereocenters. The summed E-state index contributed by atoms with van der Waals surface area (Å²) in [6, 6.07) is 26.4. The van der Waals surface area contributed by atoms with Crippen LogP contribution in [0, 0.1) is 19.7 Å². The quantitative estimate of drug-likeness (QED) is 0.269. The van der Waals surface area contributed by atoms with Gasteiger partial charge in [-0.2, -0.15) is 0 Å². The monoisotopic (exact) mass is 510 g/mol. The van der Waals surface area contributed by atoms with Crippen LogP contribution < -0.4 is 5.32 Å². The van der Waals surface area contributed by atoms with Crippen LogP contribution in [-0.4, -0.2) is 20.9 Å². The summed E-state index contributed by atoms with van der Waals surface area (Å²) in [5, 5.41) is 11.4. The molecule has 0 fully saturated rings. The fraction of sp³-hybridized carbons (Fsp3) is 0.100. The summed E-state index contributed by atoms with van der Waals surface area (Å²) in [6.07, 6.45) is 1.67. The van der Waals surface area contributed by atoms with E-state index < -0.39 is 5.82 Å². The second-order valence-corrected chi connectivity index (χ2v) is 9.30. The Morgan fingerprint density at radius 2 is 1.76 bits per heavy atom. The van der Waals surface area contributed by atoms with Crippen LogP contribution in [0.1, 0.15) is 27.0 Å². The third-order valence-corrected chi connectivity index (χ3v) is 6.49. The molecule has 0 aliphatic carbocycles. The summed E-state index contributed by atoms with van der Waals surface area (Å²) in [4.78, 5) is 13.2. The summed E-state index contributed by atoms with van der Waals surface area (Å²) >= 11 is 5.80. The minimum absolute atomic E-state index is 0.0404. The average Bonchev–Trinajstić information content (AvgIpc) is 3.40. The first kappa shape index (κ1) is 24.4. The summed E-state index contributed by atoms with van der Waals surface area (Å²) in [5.41, 5.74) is 7.50. The summed E-state index contributed by atoms with van der Waals surface area (Å²) in [6.45, 7) is 4.39. The van der Waals surface area contributed by atoms with Crippen LogP contribution in [0.15, 0.2) is 91.1 Å². The molecular weight excluding hydrogens is 487 g/mol. The van der Waals surface area contributed by atoms with Gasteiger partial charge >= 0.3 is 0 Å². The highest BCUT2D eigenvalue weighted by Gasteiger charge is 2.16. The Kier molecular flexibility index (Phi) is 6.84. The Balaban J connectivity index is 1.36. The van der Waals surface area contributed by atoms with Crippen molar-refractivity contribution in [3.8, 4) is 28.1 Å². The smallest absolute Gasteiger partial charge is 0.253 e. The number of hydrogen-bond donors (Lipinski definition) is 1. The molecule has 1 N–H and O–H groups in total. The molecule has 5 nitrogen and oxygen atoms in total. The molecule has 0 atom stereocenters. The van der Waals surface area contributed by atoms with Gasteiger partial charge in [0.25, 0.3) is 5.91 Å². The average molecular weight is 511 g/mol. The van der Waals surface area contributed by atoms with Crippen LogP contribution in [0.2, 0.25) is 5.02 Å². The van der Waals surface area contributed by atoms with Crippen molar-refractivity contribution in [3.05, 3.63) is 124 Å². The third-order valence-electron chi connectivity index (χ3n) is 6.18. The molecule has 184 valence electrons. The number of hydrogen-bond acceptors (Lipinski definition) is 3. The molecule has 0 bridgehead atoms. The first-order valence-corrected chi connectivity index (χ1v) is 12.2.